The first-order chi connectivity index (χ1) is 7.06. The minimum atomic E-state index is -0.0214. The molecule has 1 aliphatic heterocycles. The number of oxazole rings is 1. The molecule has 3 heteroatoms. The molecule has 15 heavy (non-hydrogen) atoms. The van der Waals surface area contributed by atoms with Gasteiger partial charge in [0.15, 0.2) is 11.5 Å². The van der Waals surface area contributed by atoms with Gasteiger partial charge < -0.3 is 9.15 Å². The van der Waals surface area contributed by atoms with Crippen molar-refractivity contribution >= 4 is 11.1 Å². The number of hydrogen-bond acceptors (Lipinski definition) is 3. The monoisotopic (exact) mass is 203 g/mol. The molecule has 0 amide bonds. The minimum Gasteiger partial charge on any atom is -0.441 e. The Bertz CT molecular complexity index is 527. The zero-order chi connectivity index (χ0) is 10.6. The summed E-state index contributed by atoms with van der Waals surface area (Å²) >= 11 is 0. The maximum atomic E-state index is 5.59. The topological polar surface area (TPSA) is 38.6 Å². The predicted octanol–water partition coefficient (Wildman–Crippen LogP) is 2.99. The van der Waals surface area contributed by atoms with Crippen LogP contribution in [0.5, 0.6) is 0 Å². The average molecular weight is 203 g/mol. The Labute approximate surface area is 88.1 Å². The number of fused-ring (bicyclic) bond motifs is 1. The summed E-state index contributed by atoms with van der Waals surface area (Å²) in [6.45, 7) is 6.04. The summed E-state index contributed by atoms with van der Waals surface area (Å²) < 4.78 is 11.0. The fourth-order valence-electron chi connectivity index (χ4n) is 1.96. The fraction of sp³-hybridized carbons (Fsp3) is 0.417. The highest BCUT2D eigenvalue weighted by atomic mass is 16.6. The summed E-state index contributed by atoms with van der Waals surface area (Å²) in [7, 11) is 0. The van der Waals surface area contributed by atoms with Gasteiger partial charge in [-0.15, -0.1) is 0 Å². The van der Waals surface area contributed by atoms with Crippen molar-refractivity contribution in [2.75, 3.05) is 0 Å². The Morgan fingerprint density at radius 3 is 2.73 bits per heavy atom. The van der Waals surface area contributed by atoms with Crippen molar-refractivity contribution in [1.29, 1.82) is 0 Å². The van der Waals surface area contributed by atoms with Gasteiger partial charge >= 0.3 is 0 Å². The van der Waals surface area contributed by atoms with Crippen molar-refractivity contribution in [2.45, 2.75) is 32.5 Å². The molecule has 2 heterocycles. The first-order valence-corrected chi connectivity index (χ1v) is 5.11. The Hall–Kier alpha value is -1.35. The molecular formula is C12H13NO2. The molecule has 0 N–H and O–H groups in total. The van der Waals surface area contributed by atoms with Crippen LogP contribution in [0.25, 0.3) is 11.1 Å². The standard InChI is InChI=1S/C12H13NO2/c1-7-13-9-6-8(4-5-10(9)14-7)11-12(2,3)15-11/h4-6,11H,1-3H3. The number of epoxide rings is 1. The third kappa shape index (κ3) is 1.35. The van der Waals surface area contributed by atoms with Crippen molar-refractivity contribution in [3.05, 3.63) is 29.7 Å². The highest BCUT2D eigenvalue weighted by molar-refractivity contribution is 5.73. The van der Waals surface area contributed by atoms with E-state index in [-0.39, 0.29) is 11.7 Å². The van der Waals surface area contributed by atoms with Gasteiger partial charge in [-0.05, 0) is 31.5 Å². The van der Waals surface area contributed by atoms with Crippen molar-refractivity contribution < 1.29 is 9.15 Å². The third-order valence-corrected chi connectivity index (χ3v) is 2.82. The zero-order valence-electron chi connectivity index (χ0n) is 9.07. The van der Waals surface area contributed by atoms with Crippen LogP contribution in [0.15, 0.2) is 22.6 Å². The average Bonchev–Trinajstić information content (AvgIpc) is 2.65. The lowest BCUT2D eigenvalue weighted by atomic mass is 10.0. The van der Waals surface area contributed by atoms with Gasteiger partial charge in [0.25, 0.3) is 0 Å². The molecule has 0 aliphatic carbocycles. The van der Waals surface area contributed by atoms with Crippen LogP contribution in [0.1, 0.15) is 31.4 Å². The molecule has 2 aromatic rings. The van der Waals surface area contributed by atoms with Crippen LogP contribution in [0.2, 0.25) is 0 Å². The summed E-state index contributed by atoms with van der Waals surface area (Å²) in [4.78, 5) is 4.31. The van der Waals surface area contributed by atoms with E-state index in [4.69, 9.17) is 9.15 Å². The fourth-order valence-corrected chi connectivity index (χ4v) is 1.96. The molecule has 3 nitrogen and oxygen atoms in total. The number of aryl methyl sites for hydroxylation is 1. The van der Waals surface area contributed by atoms with Crippen LogP contribution >= 0.6 is 0 Å². The molecule has 1 fully saturated rings. The second-order valence-electron chi connectivity index (χ2n) is 4.56. The molecule has 1 saturated heterocycles. The summed E-state index contributed by atoms with van der Waals surface area (Å²) in [5, 5.41) is 0. The van der Waals surface area contributed by atoms with E-state index < -0.39 is 0 Å². The van der Waals surface area contributed by atoms with Gasteiger partial charge in [0.05, 0.1) is 5.60 Å². The molecular weight excluding hydrogens is 190 g/mol. The van der Waals surface area contributed by atoms with Gasteiger partial charge in [0.1, 0.15) is 11.6 Å². The van der Waals surface area contributed by atoms with Gasteiger partial charge in [-0.3, -0.25) is 0 Å². The molecule has 78 valence electrons. The molecule has 0 saturated carbocycles. The normalized spacial score (nSPS) is 23.3. The number of nitrogens with zero attached hydrogens (tertiary/aromatic N) is 1. The van der Waals surface area contributed by atoms with Gasteiger partial charge in [-0.25, -0.2) is 4.98 Å². The van der Waals surface area contributed by atoms with Crippen LogP contribution in [0.4, 0.5) is 0 Å². The summed E-state index contributed by atoms with van der Waals surface area (Å²) in [6, 6.07) is 6.06. The van der Waals surface area contributed by atoms with Crippen LogP contribution in [0.3, 0.4) is 0 Å². The highest BCUT2D eigenvalue weighted by Crippen LogP contribution is 2.49. The van der Waals surface area contributed by atoms with Crippen molar-refractivity contribution in [3.8, 4) is 0 Å². The molecule has 1 unspecified atom stereocenters. The van der Waals surface area contributed by atoms with E-state index in [0.29, 0.717) is 5.89 Å². The molecule has 0 radical (unpaired) electrons. The lowest BCUT2D eigenvalue weighted by Gasteiger charge is -1.97. The summed E-state index contributed by atoms with van der Waals surface area (Å²) in [5.74, 6) is 0.707. The maximum Gasteiger partial charge on any atom is 0.192 e. The molecule has 3 rings (SSSR count). The van der Waals surface area contributed by atoms with E-state index in [1.54, 1.807) is 0 Å². The number of hydrogen-bond donors (Lipinski definition) is 0. The molecule has 1 aromatic heterocycles. The number of benzene rings is 1. The van der Waals surface area contributed by atoms with Crippen LogP contribution in [-0.4, -0.2) is 10.6 Å². The first kappa shape index (κ1) is 8.92. The molecule has 1 atom stereocenters. The first-order valence-electron chi connectivity index (χ1n) is 5.11. The number of rotatable bonds is 1. The minimum absolute atomic E-state index is 0.0214. The van der Waals surface area contributed by atoms with Gasteiger partial charge in [-0.1, -0.05) is 6.07 Å². The Balaban J connectivity index is 2.07. The van der Waals surface area contributed by atoms with E-state index >= 15 is 0 Å². The Morgan fingerprint density at radius 2 is 2.07 bits per heavy atom. The van der Waals surface area contributed by atoms with E-state index in [9.17, 15) is 0 Å². The SMILES string of the molecule is Cc1nc2cc(C3OC3(C)C)ccc2o1. The van der Waals surface area contributed by atoms with Gasteiger partial charge in [0.2, 0.25) is 0 Å². The third-order valence-electron chi connectivity index (χ3n) is 2.82. The van der Waals surface area contributed by atoms with E-state index in [1.807, 2.05) is 25.1 Å². The van der Waals surface area contributed by atoms with Crippen molar-refractivity contribution in [1.82, 2.24) is 4.98 Å². The van der Waals surface area contributed by atoms with Crippen LogP contribution in [0, 0.1) is 6.92 Å². The van der Waals surface area contributed by atoms with Crippen LogP contribution < -0.4 is 0 Å². The lowest BCUT2D eigenvalue weighted by Crippen LogP contribution is -1.97. The summed E-state index contributed by atoms with van der Waals surface area (Å²) in [6.07, 6.45) is 0.207. The quantitative estimate of drug-likeness (QED) is 0.669. The lowest BCUT2D eigenvalue weighted by molar-refractivity contribution is 0.325. The second-order valence-corrected chi connectivity index (χ2v) is 4.56. The molecule has 0 spiro atoms. The number of ether oxygens (including phenoxy) is 1. The molecule has 1 aliphatic rings. The van der Waals surface area contributed by atoms with Gasteiger partial charge in [-0.2, -0.15) is 0 Å². The Morgan fingerprint density at radius 1 is 1.33 bits per heavy atom. The number of aromatic nitrogens is 1. The van der Waals surface area contributed by atoms with E-state index in [2.05, 4.69) is 18.8 Å². The van der Waals surface area contributed by atoms with Crippen molar-refractivity contribution in [2.24, 2.45) is 0 Å². The van der Waals surface area contributed by atoms with Crippen LogP contribution in [-0.2, 0) is 4.74 Å². The zero-order valence-corrected chi connectivity index (χ0v) is 9.07. The maximum absolute atomic E-state index is 5.59. The van der Waals surface area contributed by atoms with E-state index in [1.165, 1.54) is 5.56 Å². The predicted molar refractivity (Wildman–Crippen MR) is 56.7 cm³/mol. The van der Waals surface area contributed by atoms with E-state index in [0.717, 1.165) is 11.1 Å². The second kappa shape index (κ2) is 2.61. The highest BCUT2D eigenvalue weighted by Gasteiger charge is 2.48. The van der Waals surface area contributed by atoms with Gasteiger partial charge in [0, 0.05) is 6.92 Å². The van der Waals surface area contributed by atoms with Crippen molar-refractivity contribution in [3.63, 3.8) is 0 Å². The molecule has 1 aromatic carbocycles. The Kier molecular flexibility index (Phi) is 1.55. The largest absolute Gasteiger partial charge is 0.441 e. The molecule has 0 bridgehead atoms. The summed E-state index contributed by atoms with van der Waals surface area (Å²) in [5.41, 5.74) is 2.92. The smallest absolute Gasteiger partial charge is 0.192 e.